The molecule has 1 amide bonds. The van der Waals surface area contributed by atoms with Gasteiger partial charge in [-0.1, -0.05) is 52.5 Å². The van der Waals surface area contributed by atoms with Gasteiger partial charge in [-0.3, -0.25) is 14.4 Å². The molecule has 1 aliphatic rings. The summed E-state index contributed by atoms with van der Waals surface area (Å²) in [6.45, 7) is 0. The average molecular weight is 740 g/mol. The van der Waals surface area contributed by atoms with Gasteiger partial charge in [0.15, 0.2) is 5.78 Å². The number of ketones is 2. The third-order valence-electron chi connectivity index (χ3n) is 6.84. The van der Waals surface area contributed by atoms with Gasteiger partial charge >= 0.3 is 12.3 Å². The van der Waals surface area contributed by atoms with E-state index < -0.39 is 81.6 Å². The van der Waals surface area contributed by atoms with Crippen LogP contribution in [0.1, 0.15) is 33.0 Å². The molecule has 4 rings (SSSR count). The van der Waals surface area contributed by atoms with Gasteiger partial charge in [0, 0.05) is 35.6 Å². The third-order valence-corrected chi connectivity index (χ3v) is 9.30. The average Bonchev–Trinajstić information content (AvgIpc) is 3.53. The molecule has 1 fully saturated rings. The second kappa shape index (κ2) is 12.9. The van der Waals surface area contributed by atoms with Gasteiger partial charge in [0.1, 0.15) is 16.0 Å². The number of Topliss-reactive ketones (excluding diaryl/α,β-unsaturated/α-hetero) is 2. The molecule has 0 bridgehead atoms. The minimum atomic E-state index is -5.06. The molecular weight excluding hydrogens is 725 g/mol. The van der Waals surface area contributed by atoms with Crippen LogP contribution in [0.15, 0.2) is 42.5 Å². The molecule has 234 valence electrons. The van der Waals surface area contributed by atoms with Crippen molar-refractivity contribution in [3.8, 4) is 0 Å². The Hall–Kier alpha value is -2.21. The lowest BCUT2D eigenvalue weighted by Crippen LogP contribution is -2.37. The highest BCUT2D eigenvalue weighted by molar-refractivity contribution is 6.54. The maximum absolute atomic E-state index is 15.0. The summed E-state index contributed by atoms with van der Waals surface area (Å²) in [6.07, 6.45) is -6.82. The second-order valence-corrected chi connectivity index (χ2v) is 12.8. The molecule has 2 atom stereocenters. The maximum atomic E-state index is 15.0. The fourth-order valence-electron chi connectivity index (χ4n) is 4.47. The first kappa shape index (κ1) is 34.7. The summed E-state index contributed by atoms with van der Waals surface area (Å²) in [5.41, 5.74) is -1.56. The van der Waals surface area contributed by atoms with E-state index in [2.05, 4.69) is 5.32 Å². The normalized spacial score (nSPS) is 17.5. The van der Waals surface area contributed by atoms with Crippen LogP contribution in [0.3, 0.4) is 0 Å². The first-order chi connectivity index (χ1) is 20.4. The van der Waals surface area contributed by atoms with Gasteiger partial charge in [0.25, 0.3) is 0 Å². The number of hydrogen-bond donors (Lipinski definition) is 1. The Bertz CT molecular complexity index is 1660. The lowest BCUT2D eigenvalue weighted by atomic mass is 9.97. The summed E-state index contributed by atoms with van der Waals surface area (Å²) in [4.78, 5) is 37.8. The number of halogens is 12. The SMILES string of the molecule is O=C(Cc1c(F)ccc(CC(=O)C(F)(F)C(F)F)c1F)c1cc(NC(=O)[C@H]2[C@H](c3cc(Cl)c(Cl)c(Cl)c3)C2(Cl)Cl)ccc1Cl. The Balaban J connectivity index is 1.53. The molecule has 44 heavy (non-hydrogen) atoms. The first-order valence-electron chi connectivity index (χ1n) is 12.2. The van der Waals surface area contributed by atoms with E-state index in [1.807, 2.05) is 0 Å². The van der Waals surface area contributed by atoms with E-state index in [9.17, 15) is 36.3 Å². The number of nitrogens with one attached hydrogen (secondary N) is 1. The third kappa shape index (κ3) is 6.81. The number of benzene rings is 3. The van der Waals surface area contributed by atoms with Crippen LogP contribution in [0.4, 0.5) is 32.0 Å². The molecule has 1 aliphatic carbocycles. The highest BCUT2D eigenvalue weighted by Crippen LogP contribution is 2.65. The Morgan fingerprint density at radius 2 is 1.50 bits per heavy atom. The van der Waals surface area contributed by atoms with Crippen molar-refractivity contribution in [3.63, 3.8) is 0 Å². The van der Waals surface area contributed by atoms with Crippen molar-refractivity contribution in [1.29, 1.82) is 0 Å². The number of rotatable bonds is 10. The predicted molar refractivity (Wildman–Crippen MR) is 156 cm³/mol. The van der Waals surface area contributed by atoms with Crippen molar-refractivity contribution in [3.05, 3.63) is 96.4 Å². The predicted octanol–water partition coefficient (Wildman–Crippen LogP) is 9.54. The van der Waals surface area contributed by atoms with Gasteiger partial charge in [-0.2, -0.15) is 8.78 Å². The van der Waals surface area contributed by atoms with E-state index in [1.165, 1.54) is 24.3 Å². The summed E-state index contributed by atoms with van der Waals surface area (Å²) in [7, 11) is 0. The lowest BCUT2D eigenvalue weighted by molar-refractivity contribution is -0.166. The summed E-state index contributed by atoms with van der Waals surface area (Å²) >= 11 is 37.0. The van der Waals surface area contributed by atoms with Crippen molar-refractivity contribution < 1.29 is 40.7 Å². The van der Waals surface area contributed by atoms with Crippen LogP contribution in [0.5, 0.6) is 0 Å². The largest absolute Gasteiger partial charge is 0.364 e. The molecule has 0 aliphatic heterocycles. The maximum Gasteiger partial charge on any atom is 0.364 e. The smallest absolute Gasteiger partial charge is 0.326 e. The minimum absolute atomic E-state index is 0.0271. The van der Waals surface area contributed by atoms with Crippen LogP contribution in [0.25, 0.3) is 0 Å². The van der Waals surface area contributed by atoms with E-state index in [0.717, 1.165) is 6.07 Å². The Labute approximate surface area is 275 Å². The Morgan fingerprint density at radius 3 is 2.09 bits per heavy atom. The molecule has 1 saturated carbocycles. The molecule has 0 heterocycles. The van der Waals surface area contributed by atoms with Gasteiger partial charge in [0.2, 0.25) is 11.7 Å². The summed E-state index contributed by atoms with van der Waals surface area (Å²) in [6, 6.07) is 7.81. The van der Waals surface area contributed by atoms with E-state index in [-0.39, 0.29) is 31.3 Å². The number of anilines is 1. The molecule has 0 aromatic heterocycles. The summed E-state index contributed by atoms with van der Waals surface area (Å²) < 4.78 is 79.7. The van der Waals surface area contributed by atoms with Crippen molar-refractivity contribution in [1.82, 2.24) is 0 Å². The number of carbonyl (C=O) groups is 3. The van der Waals surface area contributed by atoms with Crippen molar-refractivity contribution in [2.24, 2.45) is 5.92 Å². The van der Waals surface area contributed by atoms with Crippen LogP contribution >= 0.6 is 69.6 Å². The van der Waals surface area contributed by atoms with Gasteiger partial charge < -0.3 is 5.32 Å². The molecule has 0 unspecified atom stereocenters. The van der Waals surface area contributed by atoms with E-state index in [0.29, 0.717) is 17.7 Å². The zero-order chi connectivity index (χ0) is 32.9. The number of alkyl halides is 6. The molecule has 1 N–H and O–H groups in total. The zero-order valence-corrected chi connectivity index (χ0v) is 26.0. The molecule has 0 radical (unpaired) electrons. The van der Waals surface area contributed by atoms with E-state index >= 15 is 4.39 Å². The molecule has 0 saturated heterocycles. The highest BCUT2D eigenvalue weighted by atomic mass is 35.5. The van der Waals surface area contributed by atoms with Gasteiger partial charge in [-0.15, -0.1) is 23.2 Å². The van der Waals surface area contributed by atoms with Crippen LogP contribution in [-0.2, 0) is 22.4 Å². The molecule has 4 nitrogen and oxygen atoms in total. The fraction of sp³-hybridized carbons (Fsp3) is 0.250. The molecular formula is C28H15Cl6F6NO3. The monoisotopic (exact) mass is 737 g/mol. The van der Waals surface area contributed by atoms with E-state index in [1.54, 1.807) is 0 Å². The molecule has 3 aromatic rings. The summed E-state index contributed by atoms with van der Waals surface area (Å²) in [5, 5.41) is 2.69. The van der Waals surface area contributed by atoms with Crippen molar-refractivity contribution >= 4 is 92.8 Å². The number of carbonyl (C=O) groups excluding carboxylic acids is 3. The zero-order valence-electron chi connectivity index (χ0n) is 21.4. The van der Waals surface area contributed by atoms with E-state index in [4.69, 9.17) is 69.6 Å². The van der Waals surface area contributed by atoms with Gasteiger partial charge in [0.05, 0.1) is 26.0 Å². The summed E-state index contributed by atoms with van der Waals surface area (Å²) in [5.74, 6) is -13.5. The first-order valence-corrected chi connectivity index (χ1v) is 14.5. The van der Waals surface area contributed by atoms with Gasteiger partial charge in [-0.25, -0.2) is 17.6 Å². The second-order valence-electron chi connectivity index (χ2n) is 9.73. The van der Waals surface area contributed by atoms with Crippen LogP contribution in [-0.4, -0.2) is 34.2 Å². The number of amides is 1. The van der Waals surface area contributed by atoms with Crippen molar-refractivity contribution in [2.45, 2.75) is 35.4 Å². The van der Waals surface area contributed by atoms with Crippen LogP contribution < -0.4 is 5.32 Å². The van der Waals surface area contributed by atoms with Crippen LogP contribution in [0.2, 0.25) is 20.1 Å². The Morgan fingerprint density at radius 1 is 0.886 bits per heavy atom. The Kier molecular flexibility index (Phi) is 10.2. The van der Waals surface area contributed by atoms with Crippen LogP contribution in [0, 0.1) is 17.6 Å². The molecule has 3 aromatic carbocycles. The lowest BCUT2D eigenvalue weighted by Gasteiger charge is -2.15. The highest BCUT2D eigenvalue weighted by Gasteiger charge is 2.67. The standard InChI is InChI=1S/C28H15Cl6F6NO3/c29-15-3-2-12(41-25(44)22-21(27(22,33)34)11-5-16(30)23(32)17(31)6-11)8-13(15)19(42)9-14-18(35)4-1-10(24(14)36)7-20(43)28(39,40)26(37)38/h1-6,8,21-22,26H,7,9H2,(H,41,44)/t21-,22+/m0/s1. The quantitative estimate of drug-likeness (QED) is 0.0976. The van der Waals surface area contributed by atoms with Crippen molar-refractivity contribution in [2.75, 3.05) is 5.32 Å². The van der Waals surface area contributed by atoms with Gasteiger partial charge in [-0.05, 0) is 47.5 Å². The molecule has 0 spiro atoms. The topological polar surface area (TPSA) is 63.2 Å². The number of hydrogen-bond acceptors (Lipinski definition) is 3. The molecule has 16 heteroatoms. The minimum Gasteiger partial charge on any atom is -0.326 e. The fourth-order valence-corrected chi connectivity index (χ4v) is 6.14.